The SMILES string of the molecule is Cc1c(Cl)nc(C(C)C)nc1NC(C)(C)CC(C)(C)C. The Labute approximate surface area is 128 Å². The predicted octanol–water partition coefficient (Wildman–Crippen LogP) is 5.19. The first-order valence-electron chi connectivity index (χ1n) is 7.23. The van der Waals surface area contributed by atoms with Gasteiger partial charge >= 0.3 is 0 Å². The summed E-state index contributed by atoms with van der Waals surface area (Å²) in [7, 11) is 0. The molecule has 0 spiro atoms. The van der Waals surface area contributed by atoms with Gasteiger partial charge in [0.05, 0.1) is 0 Å². The van der Waals surface area contributed by atoms with Gasteiger partial charge in [-0.15, -0.1) is 0 Å². The highest BCUT2D eigenvalue weighted by molar-refractivity contribution is 6.30. The maximum Gasteiger partial charge on any atom is 0.137 e. The number of anilines is 1. The minimum absolute atomic E-state index is 0.0467. The van der Waals surface area contributed by atoms with Crippen LogP contribution < -0.4 is 5.32 Å². The fraction of sp³-hybridized carbons (Fsp3) is 0.750. The average molecular weight is 298 g/mol. The van der Waals surface area contributed by atoms with Gasteiger partial charge in [-0.1, -0.05) is 46.2 Å². The van der Waals surface area contributed by atoms with Crippen molar-refractivity contribution in [3.05, 3.63) is 16.5 Å². The fourth-order valence-corrected chi connectivity index (χ4v) is 2.75. The number of nitrogens with zero attached hydrogens (tertiary/aromatic N) is 2. The van der Waals surface area contributed by atoms with Crippen molar-refractivity contribution in [2.45, 2.75) is 73.3 Å². The Balaban J connectivity index is 3.08. The first kappa shape index (κ1) is 17.2. The van der Waals surface area contributed by atoms with Crippen LogP contribution in [0.2, 0.25) is 5.15 Å². The topological polar surface area (TPSA) is 37.8 Å². The fourth-order valence-electron chi connectivity index (χ4n) is 2.58. The van der Waals surface area contributed by atoms with Crippen LogP contribution in [0.3, 0.4) is 0 Å². The summed E-state index contributed by atoms with van der Waals surface area (Å²) in [5.41, 5.74) is 1.12. The van der Waals surface area contributed by atoms with Crippen molar-refractivity contribution in [3.8, 4) is 0 Å². The number of nitrogens with one attached hydrogen (secondary N) is 1. The van der Waals surface area contributed by atoms with Crippen LogP contribution in [0.5, 0.6) is 0 Å². The number of hydrogen-bond acceptors (Lipinski definition) is 3. The van der Waals surface area contributed by atoms with E-state index in [9.17, 15) is 0 Å². The van der Waals surface area contributed by atoms with Gasteiger partial charge in [0.2, 0.25) is 0 Å². The van der Waals surface area contributed by atoms with E-state index in [1.165, 1.54) is 0 Å². The second-order valence-electron chi connectivity index (χ2n) is 7.75. The molecule has 1 aromatic heterocycles. The van der Waals surface area contributed by atoms with Crippen LogP contribution in [-0.2, 0) is 0 Å². The molecule has 0 aliphatic rings. The average Bonchev–Trinajstić information content (AvgIpc) is 2.20. The van der Waals surface area contributed by atoms with Crippen molar-refractivity contribution in [1.82, 2.24) is 9.97 Å². The molecule has 4 heteroatoms. The van der Waals surface area contributed by atoms with E-state index in [0.29, 0.717) is 5.15 Å². The summed E-state index contributed by atoms with van der Waals surface area (Å²) in [4.78, 5) is 8.99. The molecular weight excluding hydrogens is 270 g/mol. The van der Waals surface area contributed by atoms with Crippen molar-refractivity contribution < 1.29 is 0 Å². The first-order valence-corrected chi connectivity index (χ1v) is 7.61. The molecule has 1 N–H and O–H groups in total. The summed E-state index contributed by atoms with van der Waals surface area (Å²) in [6, 6.07) is 0. The van der Waals surface area contributed by atoms with Crippen LogP contribution in [0.4, 0.5) is 5.82 Å². The van der Waals surface area contributed by atoms with Crippen molar-refractivity contribution in [2.24, 2.45) is 5.41 Å². The summed E-state index contributed by atoms with van der Waals surface area (Å²) >= 11 is 6.23. The molecule has 0 unspecified atom stereocenters. The Kier molecular flexibility index (Phi) is 5.07. The molecule has 1 rings (SSSR count). The molecule has 0 saturated heterocycles. The summed E-state index contributed by atoms with van der Waals surface area (Å²) in [6.07, 6.45) is 1.04. The maximum absolute atomic E-state index is 6.23. The molecule has 0 aromatic carbocycles. The zero-order valence-electron chi connectivity index (χ0n) is 14.1. The minimum atomic E-state index is -0.0467. The lowest BCUT2D eigenvalue weighted by Gasteiger charge is -2.34. The molecule has 0 bridgehead atoms. The molecule has 0 amide bonds. The minimum Gasteiger partial charge on any atom is -0.365 e. The van der Waals surface area contributed by atoms with Crippen LogP contribution in [0.15, 0.2) is 0 Å². The standard InChI is InChI=1S/C16H28ClN3/c1-10(2)13-18-12(17)11(3)14(19-13)20-16(7,8)9-15(4,5)6/h10H,9H2,1-8H3,(H,18,19,20). The normalized spacial score (nSPS) is 12.9. The molecule has 0 aliphatic carbocycles. The van der Waals surface area contributed by atoms with Crippen molar-refractivity contribution in [2.75, 3.05) is 5.32 Å². The van der Waals surface area contributed by atoms with E-state index >= 15 is 0 Å². The summed E-state index contributed by atoms with van der Waals surface area (Å²) in [6.45, 7) is 17.2. The van der Waals surface area contributed by atoms with Crippen molar-refractivity contribution >= 4 is 17.4 Å². The van der Waals surface area contributed by atoms with E-state index in [1.807, 2.05) is 6.92 Å². The van der Waals surface area contributed by atoms with Crippen molar-refractivity contribution in [3.63, 3.8) is 0 Å². The van der Waals surface area contributed by atoms with Crippen LogP contribution >= 0.6 is 11.6 Å². The van der Waals surface area contributed by atoms with E-state index in [4.69, 9.17) is 11.6 Å². The molecule has 1 aromatic rings. The Morgan fingerprint density at radius 3 is 2.10 bits per heavy atom. The lowest BCUT2D eigenvalue weighted by atomic mass is 9.82. The molecule has 0 saturated carbocycles. The van der Waals surface area contributed by atoms with E-state index < -0.39 is 0 Å². The number of aromatic nitrogens is 2. The molecule has 3 nitrogen and oxygen atoms in total. The Morgan fingerprint density at radius 1 is 1.10 bits per heavy atom. The second-order valence-corrected chi connectivity index (χ2v) is 8.11. The number of rotatable bonds is 4. The van der Waals surface area contributed by atoms with E-state index in [0.717, 1.165) is 23.6 Å². The number of halogens is 1. The van der Waals surface area contributed by atoms with E-state index in [-0.39, 0.29) is 16.9 Å². The van der Waals surface area contributed by atoms with Gasteiger partial charge in [-0.05, 0) is 32.6 Å². The largest absolute Gasteiger partial charge is 0.365 e. The van der Waals surface area contributed by atoms with E-state index in [1.54, 1.807) is 0 Å². The molecular formula is C16H28ClN3. The quantitative estimate of drug-likeness (QED) is 0.777. The Morgan fingerprint density at radius 2 is 1.65 bits per heavy atom. The first-order chi connectivity index (χ1) is 8.91. The molecule has 0 fully saturated rings. The van der Waals surface area contributed by atoms with Gasteiger partial charge in [0.25, 0.3) is 0 Å². The summed E-state index contributed by atoms with van der Waals surface area (Å²) in [5.74, 6) is 1.90. The summed E-state index contributed by atoms with van der Waals surface area (Å²) < 4.78 is 0. The summed E-state index contributed by atoms with van der Waals surface area (Å²) in [5, 5.41) is 4.08. The van der Waals surface area contributed by atoms with Crippen LogP contribution in [0.1, 0.15) is 72.2 Å². The second kappa shape index (κ2) is 5.88. The van der Waals surface area contributed by atoms with Gasteiger partial charge < -0.3 is 5.32 Å². The van der Waals surface area contributed by atoms with Crippen LogP contribution in [0.25, 0.3) is 0 Å². The van der Waals surface area contributed by atoms with Crippen molar-refractivity contribution in [1.29, 1.82) is 0 Å². The highest BCUT2D eigenvalue weighted by atomic mass is 35.5. The lowest BCUT2D eigenvalue weighted by Crippen LogP contribution is -2.36. The zero-order valence-corrected chi connectivity index (χ0v) is 14.8. The maximum atomic E-state index is 6.23. The van der Waals surface area contributed by atoms with Gasteiger partial charge in [0, 0.05) is 17.0 Å². The van der Waals surface area contributed by atoms with Gasteiger partial charge in [-0.25, -0.2) is 9.97 Å². The molecule has 20 heavy (non-hydrogen) atoms. The zero-order chi connectivity index (χ0) is 15.7. The third-order valence-electron chi connectivity index (χ3n) is 3.05. The van der Waals surface area contributed by atoms with Crippen LogP contribution in [0, 0.1) is 12.3 Å². The highest BCUT2D eigenvalue weighted by Crippen LogP contribution is 2.31. The monoisotopic (exact) mass is 297 g/mol. The Bertz CT molecular complexity index is 473. The molecule has 0 radical (unpaired) electrons. The highest BCUT2D eigenvalue weighted by Gasteiger charge is 2.27. The molecule has 0 atom stereocenters. The van der Waals surface area contributed by atoms with Gasteiger partial charge in [0.15, 0.2) is 0 Å². The van der Waals surface area contributed by atoms with Crippen LogP contribution in [-0.4, -0.2) is 15.5 Å². The molecule has 1 heterocycles. The molecule has 114 valence electrons. The number of hydrogen-bond donors (Lipinski definition) is 1. The smallest absolute Gasteiger partial charge is 0.137 e. The third kappa shape index (κ3) is 4.93. The third-order valence-corrected chi connectivity index (χ3v) is 3.42. The predicted molar refractivity (Wildman–Crippen MR) is 87.6 cm³/mol. The lowest BCUT2D eigenvalue weighted by molar-refractivity contribution is 0.302. The van der Waals surface area contributed by atoms with Gasteiger partial charge in [-0.3, -0.25) is 0 Å². The molecule has 0 aliphatic heterocycles. The van der Waals surface area contributed by atoms with Gasteiger partial charge in [0.1, 0.15) is 16.8 Å². The van der Waals surface area contributed by atoms with Gasteiger partial charge in [-0.2, -0.15) is 0 Å². The van der Waals surface area contributed by atoms with E-state index in [2.05, 4.69) is 63.8 Å². The Hall–Kier alpha value is -0.830.